The number of benzene rings is 1. The molecular weight excluding hydrogens is 384 g/mol. The van der Waals surface area contributed by atoms with Gasteiger partial charge in [-0.1, -0.05) is 13.3 Å². The minimum atomic E-state index is -0.181. The van der Waals surface area contributed by atoms with Crippen molar-refractivity contribution < 1.29 is 9.59 Å². The van der Waals surface area contributed by atoms with Gasteiger partial charge in [0.2, 0.25) is 0 Å². The maximum atomic E-state index is 12.9. The van der Waals surface area contributed by atoms with Gasteiger partial charge in [0.15, 0.2) is 0 Å². The Morgan fingerprint density at radius 1 is 1.24 bits per heavy atom. The topological polar surface area (TPSA) is 65.5 Å². The Labute approximate surface area is 176 Å². The summed E-state index contributed by atoms with van der Waals surface area (Å²) in [6.45, 7) is 7.46. The van der Waals surface area contributed by atoms with Crippen molar-refractivity contribution in [1.29, 1.82) is 0 Å². The summed E-state index contributed by atoms with van der Waals surface area (Å²) in [4.78, 5) is 33.4. The van der Waals surface area contributed by atoms with Gasteiger partial charge in [0, 0.05) is 42.8 Å². The number of pyridine rings is 1. The molecule has 1 aromatic heterocycles. The molecule has 0 saturated carbocycles. The molecule has 7 heteroatoms. The van der Waals surface area contributed by atoms with Gasteiger partial charge in [-0.15, -0.1) is 11.8 Å². The molecule has 0 atom stereocenters. The third-order valence-electron chi connectivity index (χ3n) is 4.93. The molecule has 1 aliphatic rings. The van der Waals surface area contributed by atoms with Gasteiger partial charge in [-0.3, -0.25) is 9.69 Å². The number of nitrogens with one attached hydrogen (secondary N) is 1. The van der Waals surface area contributed by atoms with Crippen LogP contribution in [0.3, 0.4) is 0 Å². The van der Waals surface area contributed by atoms with Gasteiger partial charge >= 0.3 is 6.03 Å². The van der Waals surface area contributed by atoms with Crippen LogP contribution < -0.4 is 10.2 Å². The monoisotopic (exact) mass is 412 g/mol. The molecular formula is C22H28N4O2S. The molecule has 0 spiro atoms. The number of hydrogen-bond donors (Lipinski definition) is 1. The molecule has 3 rings (SSSR count). The smallest absolute Gasteiger partial charge is 0.326 e. The predicted octanol–water partition coefficient (Wildman–Crippen LogP) is 4.71. The zero-order valence-corrected chi connectivity index (χ0v) is 18.3. The lowest BCUT2D eigenvalue weighted by atomic mass is 10.1. The van der Waals surface area contributed by atoms with Crippen LogP contribution in [-0.2, 0) is 0 Å². The largest absolute Gasteiger partial charge is 0.342 e. The highest BCUT2D eigenvalue weighted by Gasteiger charge is 2.26. The molecule has 1 aliphatic heterocycles. The van der Waals surface area contributed by atoms with Crippen LogP contribution in [0.1, 0.15) is 41.4 Å². The number of hydrogen-bond acceptors (Lipinski definition) is 4. The lowest BCUT2D eigenvalue weighted by Gasteiger charge is -2.30. The highest BCUT2D eigenvalue weighted by Crippen LogP contribution is 2.36. The molecule has 1 aromatic carbocycles. The van der Waals surface area contributed by atoms with E-state index in [4.69, 9.17) is 0 Å². The van der Waals surface area contributed by atoms with Crippen molar-refractivity contribution in [2.45, 2.75) is 38.6 Å². The van der Waals surface area contributed by atoms with Crippen molar-refractivity contribution in [3.8, 4) is 0 Å². The van der Waals surface area contributed by atoms with E-state index in [2.05, 4.69) is 17.2 Å². The van der Waals surface area contributed by atoms with Crippen molar-refractivity contribution >= 4 is 35.1 Å². The average Bonchev–Trinajstić information content (AvgIpc) is 2.71. The van der Waals surface area contributed by atoms with Crippen LogP contribution >= 0.6 is 11.8 Å². The van der Waals surface area contributed by atoms with Gasteiger partial charge in [0.1, 0.15) is 5.03 Å². The minimum absolute atomic E-state index is 0.00428. The van der Waals surface area contributed by atoms with E-state index in [1.807, 2.05) is 27.0 Å². The van der Waals surface area contributed by atoms with E-state index in [1.165, 1.54) is 0 Å². The Morgan fingerprint density at radius 2 is 1.97 bits per heavy atom. The summed E-state index contributed by atoms with van der Waals surface area (Å²) in [7, 11) is 1.82. The molecule has 0 fully saturated rings. The maximum absolute atomic E-state index is 12.9. The number of aromatic nitrogens is 1. The number of carbonyl (C=O) groups is 2. The summed E-state index contributed by atoms with van der Waals surface area (Å²) < 4.78 is 0. The number of unbranched alkanes of at least 4 members (excludes halogenated alkanes) is 1. The maximum Gasteiger partial charge on any atom is 0.326 e. The van der Waals surface area contributed by atoms with Crippen LogP contribution in [-0.4, -0.2) is 47.7 Å². The fourth-order valence-electron chi connectivity index (χ4n) is 3.38. The van der Waals surface area contributed by atoms with Gasteiger partial charge < -0.3 is 10.2 Å². The molecule has 0 saturated heterocycles. The third kappa shape index (κ3) is 4.90. The number of aryl methyl sites for hydroxylation is 2. The van der Waals surface area contributed by atoms with Gasteiger partial charge in [0.05, 0.1) is 5.69 Å². The lowest BCUT2D eigenvalue weighted by molar-refractivity contribution is 0.0793. The minimum Gasteiger partial charge on any atom is -0.342 e. The first-order valence-electron chi connectivity index (χ1n) is 9.95. The Kier molecular flexibility index (Phi) is 6.79. The van der Waals surface area contributed by atoms with Crippen LogP contribution in [0.5, 0.6) is 0 Å². The number of amides is 3. The van der Waals surface area contributed by atoms with Gasteiger partial charge in [0.25, 0.3) is 5.91 Å². The molecule has 0 unspecified atom stereocenters. The number of anilines is 2. The van der Waals surface area contributed by atoms with E-state index in [0.29, 0.717) is 17.8 Å². The number of nitrogens with zero attached hydrogens (tertiary/aromatic N) is 3. The summed E-state index contributed by atoms with van der Waals surface area (Å²) >= 11 is 1.68. The fourth-order valence-corrected chi connectivity index (χ4v) is 4.46. The van der Waals surface area contributed by atoms with E-state index < -0.39 is 0 Å². The zero-order chi connectivity index (χ0) is 21.0. The summed E-state index contributed by atoms with van der Waals surface area (Å²) in [5.74, 6) is 0.809. The molecule has 0 radical (unpaired) electrons. The Hall–Kier alpha value is -2.54. The molecule has 29 heavy (non-hydrogen) atoms. The molecule has 3 amide bonds. The fraction of sp³-hybridized carbons (Fsp3) is 0.409. The standard InChI is InChI=1S/C22H28N4O2S/c1-5-6-11-25(4)21(27)17-7-9-18(10-8-17)24-22(28)26-12-13-29-20-19(26)15(2)14-16(3)23-20/h7-10,14H,5-6,11-13H2,1-4H3,(H,24,28). The zero-order valence-electron chi connectivity index (χ0n) is 17.5. The first kappa shape index (κ1) is 21.2. The normalized spacial score (nSPS) is 13.0. The lowest BCUT2D eigenvalue weighted by Crippen LogP contribution is -2.39. The second-order valence-corrected chi connectivity index (χ2v) is 8.41. The van der Waals surface area contributed by atoms with Crippen molar-refractivity contribution in [3.05, 3.63) is 47.2 Å². The van der Waals surface area contributed by atoms with Crippen LogP contribution in [0, 0.1) is 13.8 Å². The highest BCUT2D eigenvalue weighted by molar-refractivity contribution is 7.99. The second-order valence-electron chi connectivity index (χ2n) is 7.32. The molecule has 2 aromatic rings. The van der Waals surface area contributed by atoms with Gasteiger partial charge in [-0.05, 0) is 56.2 Å². The number of rotatable bonds is 5. The number of fused-ring (bicyclic) bond motifs is 1. The first-order valence-corrected chi connectivity index (χ1v) is 10.9. The Bertz CT molecular complexity index is 898. The van der Waals surface area contributed by atoms with Crippen LogP contribution in [0.2, 0.25) is 0 Å². The van der Waals surface area contributed by atoms with Crippen LogP contribution in [0.25, 0.3) is 0 Å². The second kappa shape index (κ2) is 9.31. The third-order valence-corrected chi connectivity index (χ3v) is 5.87. The summed E-state index contributed by atoms with van der Waals surface area (Å²) in [5.41, 5.74) is 4.18. The summed E-state index contributed by atoms with van der Waals surface area (Å²) in [5, 5.41) is 3.85. The van der Waals surface area contributed by atoms with Gasteiger partial charge in [-0.25, -0.2) is 9.78 Å². The Morgan fingerprint density at radius 3 is 2.66 bits per heavy atom. The highest BCUT2D eigenvalue weighted by atomic mass is 32.2. The molecule has 154 valence electrons. The number of urea groups is 1. The summed E-state index contributed by atoms with van der Waals surface area (Å²) in [6, 6.07) is 8.89. The molecule has 1 N–H and O–H groups in total. The predicted molar refractivity (Wildman–Crippen MR) is 119 cm³/mol. The van der Waals surface area contributed by atoms with Crippen molar-refractivity contribution in [2.75, 3.05) is 36.1 Å². The van der Waals surface area contributed by atoms with E-state index in [1.54, 1.807) is 45.8 Å². The molecule has 0 aliphatic carbocycles. The van der Waals surface area contributed by atoms with E-state index >= 15 is 0 Å². The van der Waals surface area contributed by atoms with E-state index in [9.17, 15) is 9.59 Å². The molecule has 0 bridgehead atoms. The van der Waals surface area contributed by atoms with Crippen molar-refractivity contribution in [3.63, 3.8) is 0 Å². The van der Waals surface area contributed by atoms with E-state index in [0.717, 1.165) is 47.1 Å². The molecule has 2 heterocycles. The van der Waals surface area contributed by atoms with Crippen molar-refractivity contribution in [1.82, 2.24) is 9.88 Å². The van der Waals surface area contributed by atoms with Crippen LogP contribution in [0.4, 0.5) is 16.2 Å². The summed E-state index contributed by atoms with van der Waals surface area (Å²) in [6.07, 6.45) is 2.04. The molecule has 6 nitrogen and oxygen atoms in total. The SMILES string of the molecule is CCCCN(C)C(=O)c1ccc(NC(=O)N2CCSc3nc(C)cc(C)c32)cc1. The number of thioether (sulfide) groups is 1. The first-order chi connectivity index (χ1) is 13.9. The Balaban J connectivity index is 1.70. The average molecular weight is 413 g/mol. The van der Waals surface area contributed by atoms with Gasteiger partial charge in [-0.2, -0.15) is 0 Å². The number of carbonyl (C=O) groups excluding carboxylic acids is 2. The van der Waals surface area contributed by atoms with E-state index in [-0.39, 0.29) is 11.9 Å². The van der Waals surface area contributed by atoms with Crippen molar-refractivity contribution in [2.24, 2.45) is 0 Å². The van der Waals surface area contributed by atoms with Crippen LogP contribution in [0.15, 0.2) is 35.4 Å². The quantitative estimate of drug-likeness (QED) is 0.772.